The first-order valence-corrected chi connectivity index (χ1v) is 8.94. The smallest absolute Gasteiger partial charge is 0.164 e. The highest BCUT2D eigenvalue weighted by atomic mass is 35.5. The van der Waals surface area contributed by atoms with Crippen LogP contribution in [0, 0.1) is 0 Å². The zero-order valence-electron chi connectivity index (χ0n) is 9.91. The van der Waals surface area contributed by atoms with Crippen LogP contribution in [0.4, 0.5) is 0 Å². The van der Waals surface area contributed by atoms with Gasteiger partial charge in [-0.2, -0.15) is 16.9 Å². The molecule has 0 spiro atoms. The fourth-order valence-corrected chi connectivity index (χ4v) is 4.87. The molecule has 1 aromatic rings. The van der Waals surface area contributed by atoms with Crippen molar-refractivity contribution < 1.29 is 8.42 Å². The molecule has 1 saturated heterocycles. The molecule has 0 radical (unpaired) electrons. The summed E-state index contributed by atoms with van der Waals surface area (Å²) in [6.45, 7) is 1.23. The van der Waals surface area contributed by atoms with Crippen molar-refractivity contribution in [3.8, 4) is 0 Å². The van der Waals surface area contributed by atoms with Gasteiger partial charge in [-0.15, -0.1) is 5.10 Å². The number of hydrogen-bond donors (Lipinski definition) is 0. The molecular weight excluding hydrogens is 294 g/mol. The van der Waals surface area contributed by atoms with Crippen molar-refractivity contribution in [1.29, 1.82) is 0 Å². The molecule has 1 aliphatic rings. The molecule has 100 valence electrons. The Morgan fingerprint density at radius 2 is 2.28 bits per heavy atom. The molecule has 8 heteroatoms. The summed E-state index contributed by atoms with van der Waals surface area (Å²) in [5, 5.41) is 7.63. The zero-order chi connectivity index (χ0) is 13.2. The molecule has 1 aliphatic heterocycles. The van der Waals surface area contributed by atoms with E-state index in [1.807, 2.05) is 4.90 Å². The van der Waals surface area contributed by atoms with Gasteiger partial charge in [0.2, 0.25) is 0 Å². The molecule has 0 aliphatic carbocycles. The molecule has 1 fully saturated rings. The molecular formula is C10H14ClN3O2S2. The van der Waals surface area contributed by atoms with Gasteiger partial charge in [-0.1, -0.05) is 11.6 Å². The van der Waals surface area contributed by atoms with Crippen molar-refractivity contribution in [2.75, 3.05) is 24.3 Å². The van der Waals surface area contributed by atoms with E-state index >= 15 is 0 Å². The van der Waals surface area contributed by atoms with Crippen LogP contribution in [0.3, 0.4) is 0 Å². The summed E-state index contributed by atoms with van der Waals surface area (Å²) in [5.41, 5.74) is 0.736. The Bertz CT molecular complexity index is 506. The Morgan fingerprint density at radius 1 is 1.50 bits per heavy atom. The third kappa shape index (κ3) is 3.57. The topological polar surface area (TPSA) is 63.2 Å². The number of thioether (sulfide) groups is 1. The van der Waals surface area contributed by atoms with Crippen LogP contribution in [0.25, 0.3) is 0 Å². The number of nitrogens with zero attached hydrogens (tertiary/aromatic N) is 3. The number of halogens is 1. The number of hydrogen-bond acceptors (Lipinski definition) is 6. The second-order valence-corrected chi connectivity index (χ2v) is 7.92. The molecule has 0 amide bonds. The number of rotatable bonds is 3. The standard InChI is InChI=1S/C10H14ClN3O2S2/c1-18(15,16)10-7-17-5-4-14(10)6-8-2-3-9(11)13-12-8/h2-3,10H,4-7H2,1H3. The van der Waals surface area contributed by atoms with Crippen LogP contribution in [0.1, 0.15) is 5.69 Å². The summed E-state index contributed by atoms with van der Waals surface area (Å²) < 4.78 is 23.5. The van der Waals surface area contributed by atoms with E-state index < -0.39 is 15.2 Å². The van der Waals surface area contributed by atoms with Crippen LogP contribution >= 0.6 is 23.4 Å². The lowest BCUT2D eigenvalue weighted by atomic mass is 10.3. The van der Waals surface area contributed by atoms with E-state index in [-0.39, 0.29) is 0 Å². The maximum absolute atomic E-state index is 11.7. The maximum Gasteiger partial charge on any atom is 0.164 e. The molecule has 5 nitrogen and oxygen atoms in total. The minimum absolute atomic E-state index is 0.340. The van der Waals surface area contributed by atoms with Gasteiger partial charge in [0.1, 0.15) is 5.37 Å². The summed E-state index contributed by atoms with van der Waals surface area (Å²) >= 11 is 7.34. The molecule has 0 saturated carbocycles. The number of aromatic nitrogens is 2. The van der Waals surface area contributed by atoms with E-state index in [0.717, 1.165) is 18.0 Å². The minimum atomic E-state index is -3.07. The van der Waals surface area contributed by atoms with E-state index in [1.54, 1.807) is 23.9 Å². The Kier molecular flexibility index (Phi) is 4.47. The van der Waals surface area contributed by atoms with Gasteiger partial charge in [0.05, 0.1) is 5.69 Å². The van der Waals surface area contributed by atoms with Gasteiger partial charge in [-0.25, -0.2) is 8.42 Å². The van der Waals surface area contributed by atoms with Crippen molar-refractivity contribution in [3.05, 3.63) is 23.0 Å². The lowest BCUT2D eigenvalue weighted by molar-refractivity contribution is 0.258. The highest BCUT2D eigenvalue weighted by Gasteiger charge is 2.31. The molecule has 1 unspecified atom stereocenters. The molecule has 18 heavy (non-hydrogen) atoms. The van der Waals surface area contributed by atoms with Crippen LogP contribution in [0.15, 0.2) is 12.1 Å². The highest BCUT2D eigenvalue weighted by Crippen LogP contribution is 2.21. The molecule has 1 aromatic heterocycles. The zero-order valence-corrected chi connectivity index (χ0v) is 12.3. The molecule has 0 N–H and O–H groups in total. The average molecular weight is 308 g/mol. The third-order valence-corrected chi connectivity index (χ3v) is 5.63. The first kappa shape index (κ1) is 14.0. The SMILES string of the molecule is CS(=O)(=O)C1CSCCN1Cc1ccc(Cl)nn1. The Balaban J connectivity index is 2.13. The molecule has 0 aromatic carbocycles. The normalized spacial score (nSPS) is 22.0. The summed E-state index contributed by atoms with van der Waals surface area (Å²) in [6, 6.07) is 3.44. The third-order valence-electron chi connectivity index (χ3n) is 2.74. The van der Waals surface area contributed by atoms with Gasteiger partial charge in [0.15, 0.2) is 15.0 Å². The van der Waals surface area contributed by atoms with Crippen LogP contribution < -0.4 is 0 Å². The predicted octanol–water partition coefficient (Wildman–Crippen LogP) is 1.05. The lowest BCUT2D eigenvalue weighted by Crippen LogP contribution is -2.46. The lowest BCUT2D eigenvalue weighted by Gasteiger charge is -2.33. The molecule has 2 heterocycles. The van der Waals surface area contributed by atoms with E-state index in [0.29, 0.717) is 17.5 Å². The van der Waals surface area contributed by atoms with Crippen molar-refractivity contribution in [3.63, 3.8) is 0 Å². The van der Waals surface area contributed by atoms with Crippen molar-refractivity contribution in [2.24, 2.45) is 0 Å². The van der Waals surface area contributed by atoms with Crippen LogP contribution in [0.2, 0.25) is 5.15 Å². The van der Waals surface area contributed by atoms with E-state index in [2.05, 4.69) is 10.2 Å². The van der Waals surface area contributed by atoms with Gasteiger partial charge in [0.25, 0.3) is 0 Å². The molecule has 2 rings (SSSR count). The van der Waals surface area contributed by atoms with E-state index in [1.165, 1.54) is 6.26 Å². The molecule has 1 atom stereocenters. The largest absolute Gasteiger partial charge is 0.280 e. The Hall–Kier alpha value is -0.370. The average Bonchev–Trinajstić information content (AvgIpc) is 2.31. The molecule has 0 bridgehead atoms. The van der Waals surface area contributed by atoms with E-state index in [9.17, 15) is 8.42 Å². The minimum Gasteiger partial charge on any atom is -0.280 e. The van der Waals surface area contributed by atoms with Crippen molar-refractivity contribution in [2.45, 2.75) is 11.9 Å². The van der Waals surface area contributed by atoms with Crippen molar-refractivity contribution >= 4 is 33.2 Å². The summed E-state index contributed by atoms with van der Waals surface area (Å²) in [5.74, 6) is 1.55. The van der Waals surface area contributed by atoms with Gasteiger partial charge in [-0.05, 0) is 12.1 Å². The Morgan fingerprint density at radius 3 is 2.89 bits per heavy atom. The Labute approximate surface area is 116 Å². The van der Waals surface area contributed by atoms with Crippen molar-refractivity contribution in [1.82, 2.24) is 15.1 Å². The fraction of sp³-hybridized carbons (Fsp3) is 0.600. The second kappa shape index (κ2) is 5.73. The van der Waals surface area contributed by atoms with Crippen LogP contribution in [-0.4, -0.2) is 53.2 Å². The summed E-state index contributed by atoms with van der Waals surface area (Å²) in [6.07, 6.45) is 1.28. The predicted molar refractivity (Wildman–Crippen MR) is 73.4 cm³/mol. The monoisotopic (exact) mass is 307 g/mol. The summed E-state index contributed by atoms with van der Waals surface area (Å²) in [4.78, 5) is 1.93. The second-order valence-electron chi connectivity index (χ2n) is 4.18. The van der Waals surface area contributed by atoms with Gasteiger partial charge in [0, 0.05) is 30.9 Å². The maximum atomic E-state index is 11.7. The van der Waals surface area contributed by atoms with Gasteiger partial charge >= 0.3 is 0 Å². The first-order chi connectivity index (χ1) is 8.47. The first-order valence-electron chi connectivity index (χ1n) is 5.45. The fourth-order valence-electron chi connectivity index (χ4n) is 1.83. The number of sulfone groups is 1. The highest BCUT2D eigenvalue weighted by molar-refractivity contribution is 8.00. The van der Waals surface area contributed by atoms with Gasteiger partial charge < -0.3 is 0 Å². The van der Waals surface area contributed by atoms with Crippen LogP contribution in [0.5, 0.6) is 0 Å². The van der Waals surface area contributed by atoms with Gasteiger partial charge in [-0.3, -0.25) is 4.90 Å². The quantitative estimate of drug-likeness (QED) is 0.832. The van der Waals surface area contributed by atoms with E-state index in [4.69, 9.17) is 11.6 Å². The van der Waals surface area contributed by atoms with Crippen LogP contribution in [-0.2, 0) is 16.4 Å². The summed E-state index contributed by atoms with van der Waals surface area (Å²) in [7, 11) is -3.07.